The van der Waals surface area contributed by atoms with Gasteiger partial charge in [0.15, 0.2) is 5.76 Å². The smallest absolute Gasteiger partial charge is 0.395 e. The summed E-state index contributed by atoms with van der Waals surface area (Å²) in [6.45, 7) is 0.750. The van der Waals surface area contributed by atoms with E-state index < -0.39 is 16.7 Å². The van der Waals surface area contributed by atoms with Crippen LogP contribution in [0, 0.1) is 10.1 Å². The molecule has 0 radical (unpaired) electrons. The van der Waals surface area contributed by atoms with Gasteiger partial charge in [0.25, 0.3) is 5.91 Å². The van der Waals surface area contributed by atoms with Crippen LogP contribution in [0.3, 0.4) is 0 Å². The monoisotopic (exact) mass is 387 g/mol. The maximum absolute atomic E-state index is 12.0. The first kappa shape index (κ1) is 18.5. The number of furan rings is 1. The van der Waals surface area contributed by atoms with Crippen molar-refractivity contribution in [2.45, 2.75) is 19.3 Å². The van der Waals surface area contributed by atoms with Crippen LogP contribution >= 0.6 is 11.3 Å². The van der Waals surface area contributed by atoms with E-state index in [0.29, 0.717) is 5.13 Å². The molecular formula is C17H17N5O4S. The highest BCUT2D eigenvalue weighted by Crippen LogP contribution is 2.22. The van der Waals surface area contributed by atoms with Crippen LogP contribution in [0.4, 0.5) is 16.1 Å². The van der Waals surface area contributed by atoms with Gasteiger partial charge in [-0.25, -0.2) is 0 Å². The molecule has 0 aliphatic heterocycles. The minimum Gasteiger partial charge on any atom is -0.395 e. The predicted octanol–water partition coefficient (Wildman–Crippen LogP) is 3.73. The number of hydrogen-bond donors (Lipinski definition) is 2. The van der Waals surface area contributed by atoms with Gasteiger partial charge in [0, 0.05) is 6.54 Å². The lowest BCUT2D eigenvalue weighted by atomic mass is 10.1. The Labute approximate surface area is 158 Å². The highest BCUT2D eigenvalue weighted by Gasteiger charge is 2.18. The van der Waals surface area contributed by atoms with Crippen molar-refractivity contribution >= 4 is 33.4 Å². The first-order valence-electron chi connectivity index (χ1n) is 8.29. The van der Waals surface area contributed by atoms with Crippen LogP contribution in [-0.2, 0) is 6.42 Å². The molecule has 0 unspecified atom stereocenters. The van der Waals surface area contributed by atoms with Crippen molar-refractivity contribution in [2.24, 2.45) is 0 Å². The average molecular weight is 387 g/mol. The van der Waals surface area contributed by atoms with Crippen molar-refractivity contribution < 1.29 is 14.1 Å². The summed E-state index contributed by atoms with van der Waals surface area (Å²) in [7, 11) is 0. The standard InChI is InChI=1S/C17H17N5O4S/c23-15(13-9-10-14(26-13)22(24)25)19-17-21-20-16(27-17)18-11-5-4-8-12-6-2-1-3-7-12/h1-3,6-7,9-10H,4-5,8,11H2,(H,18,20)(H,19,21,23). The molecule has 0 fully saturated rings. The predicted molar refractivity (Wildman–Crippen MR) is 101 cm³/mol. The van der Waals surface area contributed by atoms with Crippen molar-refractivity contribution in [2.75, 3.05) is 17.2 Å². The molecule has 27 heavy (non-hydrogen) atoms. The van der Waals surface area contributed by atoms with Crippen molar-refractivity contribution in [3.05, 3.63) is 63.9 Å². The molecule has 1 amide bonds. The number of amides is 1. The minimum atomic E-state index is -0.707. The Morgan fingerprint density at radius 2 is 1.89 bits per heavy atom. The summed E-state index contributed by atoms with van der Waals surface area (Å²) in [6.07, 6.45) is 3.05. The van der Waals surface area contributed by atoms with Gasteiger partial charge in [-0.05, 0) is 30.9 Å². The van der Waals surface area contributed by atoms with Gasteiger partial charge in [-0.2, -0.15) is 0 Å². The number of nitro groups is 1. The van der Waals surface area contributed by atoms with Crippen LogP contribution in [0.15, 0.2) is 46.9 Å². The second-order valence-corrected chi connectivity index (χ2v) is 6.61. The summed E-state index contributed by atoms with van der Waals surface area (Å²) in [5.74, 6) is -1.27. The number of aromatic nitrogens is 2. The molecule has 0 aliphatic carbocycles. The number of nitrogens with one attached hydrogen (secondary N) is 2. The number of rotatable bonds is 9. The number of unbranched alkanes of at least 4 members (excludes halogenated alkanes) is 1. The van der Waals surface area contributed by atoms with Crippen molar-refractivity contribution in [3.63, 3.8) is 0 Å². The van der Waals surface area contributed by atoms with E-state index in [1.807, 2.05) is 18.2 Å². The first-order chi connectivity index (χ1) is 13.1. The van der Waals surface area contributed by atoms with Gasteiger partial charge >= 0.3 is 5.88 Å². The Morgan fingerprint density at radius 3 is 2.63 bits per heavy atom. The van der Waals surface area contributed by atoms with E-state index in [2.05, 4.69) is 33.0 Å². The molecule has 0 aliphatic rings. The summed E-state index contributed by atoms with van der Waals surface area (Å²) >= 11 is 1.18. The average Bonchev–Trinajstić information content (AvgIpc) is 3.32. The molecule has 0 spiro atoms. The van der Waals surface area contributed by atoms with Crippen LogP contribution in [0.25, 0.3) is 0 Å². The van der Waals surface area contributed by atoms with Crippen molar-refractivity contribution in [3.8, 4) is 0 Å². The summed E-state index contributed by atoms with van der Waals surface area (Å²) in [4.78, 5) is 21.9. The number of carbonyl (C=O) groups excluding carboxylic acids is 1. The van der Waals surface area contributed by atoms with E-state index in [9.17, 15) is 14.9 Å². The Balaban J connectivity index is 1.41. The fraction of sp³-hybridized carbons (Fsp3) is 0.235. The molecule has 1 aromatic carbocycles. The third-order valence-corrected chi connectivity index (χ3v) is 4.45. The molecule has 0 atom stereocenters. The maximum Gasteiger partial charge on any atom is 0.433 e. The normalized spacial score (nSPS) is 10.5. The number of carbonyl (C=O) groups is 1. The Morgan fingerprint density at radius 1 is 1.11 bits per heavy atom. The third-order valence-electron chi connectivity index (χ3n) is 3.65. The molecule has 2 N–H and O–H groups in total. The zero-order valence-corrected chi connectivity index (χ0v) is 15.1. The van der Waals surface area contributed by atoms with Gasteiger partial charge in [-0.15, -0.1) is 10.2 Å². The highest BCUT2D eigenvalue weighted by molar-refractivity contribution is 7.19. The quantitative estimate of drug-likeness (QED) is 0.326. The Kier molecular flexibility index (Phi) is 6.10. The number of anilines is 2. The molecule has 3 aromatic rings. The molecule has 0 bridgehead atoms. The van der Waals surface area contributed by atoms with Crippen LogP contribution in [0.1, 0.15) is 29.0 Å². The second kappa shape index (κ2) is 8.90. The zero-order chi connectivity index (χ0) is 19.1. The molecule has 140 valence electrons. The summed E-state index contributed by atoms with van der Waals surface area (Å²) in [6, 6.07) is 12.7. The van der Waals surface area contributed by atoms with Gasteiger partial charge in [0.1, 0.15) is 4.92 Å². The lowest BCUT2D eigenvalue weighted by molar-refractivity contribution is -0.402. The summed E-state index contributed by atoms with van der Waals surface area (Å²) in [5.41, 5.74) is 1.32. The fourth-order valence-electron chi connectivity index (χ4n) is 2.35. The Hall–Kier alpha value is -3.27. The topological polar surface area (TPSA) is 123 Å². The molecule has 9 nitrogen and oxygen atoms in total. The highest BCUT2D eigenvalue weighted by atomic mass is 32.1. The number of benzene rings is 1. The van der Waals surface area contributed by atoms with Crippen LogP contribution in [-0.4, -0.2) is 27.6 Å². The van der Waals surface area contributed by atoms with Gasteiger partial charge in [-0.1, -0.05) is 41.7 Å². The molecule has 2 aromatic heterocycles. The lowest BCUT2D eigenvalue weighted by Crippen LogP contribution is -2.10. The van der Waals surface area contributed by atoms with Gasteiger partial charge in [0.2, 0.25) is 10.3 Å². The van der Waals surface area contributed by atoms with Crippen LogP contribution in [0.2, 0.25) is 0 Å². The van der Waals surface area contributed by atoms with E-state index in [4.69, 9.17) is 4.42 Å². The molecule has 10 heteroatoms. The molecule has 3 rings (SSSR count). The molecule has 0 saturated heterocycles. The number of aryl methyl sites for hydroxylation is 1. The van der Waals surface area contributed by atoms with Gasteiger partial charge < -0.3 is 9.73 Å². The van der Waals surface area contributed by atoms with E-state index >= 15 is 0 Å². The largest absolute Gasteiger partial charge is 0.433 e. The van der Waals surface area contributed by atoms with Crippen molar-refractivity contribution in [1.82, 2.24) is 10.2 Å². The zero-order valence-electron chi connectivity index (χ0n) is 14.3. The lowest BCUT2D eigenvalue weighted by Gasteiger charge is -2.02. The first-order valence-corrected chi connectivity index (χ1v) is 9.10. The molecular weight excluding hydrogens is 370 g/mol. The van der Waals surface area contributed by atoms with E-state index in [1.54, 1.807) is 0 Å². The SMILES string of the molecule is O=C(Nc1nnc(NCCCCc2ccccc2)s1)c1ccc([N+](=O)[O-])o1. The summed E-state index contributed by atoms with van der Waals surface area (Å²) < 4.78 is 4.84. The fourth-order valence-corrected chi connectivity index (χ4v) is 3.01. The van der Waals surface area contributed by atoms with Gasteiger partial charge in [-0.3, -0.25) is 20.2 Å². The van der Waals surface area contributed by atoms with E-state index in [0.717, 1.165) is 31.9 Å². The molecule has 2 heterocycles. The van der Waals surface area contributed by atoms with E-state index in [-0.39, 0.29) is 10.9 Å². The Bertz CT molecular complexity index is 909. The van der Waals surface area contributed by atoms with E-state index in [1.165, 1.54) is 23.0 Å². The second-order valence-electron chi connectivity index (χ2n) is 5.63. The van der Waals surface area contributed by atoms with Crippen molar-refractivity contribution in [1.29, 1.82) is 0 Å². The number of nitrogens with zero attached hydrogens (tertiary/aromatic N) is 3. The molecule has 0 saturated carbocycles. The third kappa shape index (κ3) is 5.35. The van der Waals surface area contributed by atoms with Gasteiger partial charge in [0.05, 0.1) is 6.07 Å². The van der Waals surface area contributed by atoms with Crippen LogP contribution < -0.4 is 10.6 Å². The summed E-state index contributed by atoms with van der Waals surface area (Å²) in [5, 5.41) is 24.9. The number of hydrogen-bond acceptors (Lipinski definition) is 8. The van der Waals surface area contributed by atoms with Crippen LogP contribution in [0.5, 0.6) is 0 Å². The maximum atomic E-state index is 12.0. The minimum absolute atomic E-state index is 0.160.